The Morgan fingerprint density at radius 1 is 1.12 bits per heavy atom. The van der Waals surface area contributed by atoms with E-state index >= 15 is 0 Å². The van der Waals surface area contributed by atoms with Crippen LogP contribution in [0.4, 0.5) is 10.8 Å². The fourth-order valence-electron chi connectivity index (χ4n) is 2.76. The standard InChI is InChI=1S/C17H21N5O2S/c1-12(23)18-15-5-3-14(4-6-15)11-16(24)21-7-9-22(10-8-21)17-20-19-13(2)25-17/h3-6H,7-11H2,1-2H3,(H,18,23). The molecule has 0 bridgehead atoms. The number of piperazine rings is 1. The van der Waals surface area contributed by atoms with Crippen molar-refractivity contribution in [1.29, 1.82) is 0 Å². The third-order valence-corrected chi connectivity index (χ3v) is 4.95. The first-order valence-electron chi connectivity index (χ1n) is 8.20. The maximum absolute atomic E-state index is 12.5. The number of amides is 2. The van der Waals surface area contributed by atoms with Crippen molar-refractivity contribution in [3.05, 3.63) is 34.8 Å². The van der Waals surface area contributed by atoms with Crippen molar-refractivity contribution in [3.63, 3.8) is 0 Å². The number of rotatable bonds is 4. The van der Waals surface area contributed by atoms with E-state index in [2.05, 4.69) is 20.4 Å². The molecule has 0 spiro atoms. The van der Waals surface area contributed by atoms with Crippen LogP contribution < -0.4 is 10.2 Å². The quantitative estimate of drug-likeness (QED) is 0.899. The molecule has 0 radical (unpaired) electrons. The zero-order valence-corrected chi connectivity index (χ0v) is 15.2. The van der Waals surface area contributed by atoms with E-state index in [-0.39, 0.29) is 11.8 Å². The molecule has 0 saturated carbocycles. The Morgan fingerprint density at radius 2 is 1.80 bits per heavy atom. The fraction of sp³-hybridized carbons (Fsp3) is 0.412. The van der Waals surface area contributed by atoms with E-state index in [9.17, 15) is 9.59 Å². The van der Waals surface area contributed by atoms with Crippen molar-refractivity contribution in [1.82, 2.24) is 15.1 Å². The molecule has 132 valence electrons. The second kappa shape index (κ2) is 7.60. The van der Waals surface area contributed by atoms with Crippen LogP contribution in [0.2, 0.25) is 0 Å². The first-order chi connectivity index (χ1) is 12.0. The lowest BCUT2D eigenvalue weighted by Gasteiger charge is -2.34. The van der Waals surface area contributed by atoms with Crippen molar-refractivity contribution >= 4 is 34.0 Å². The molecule has 1 aliphatic heterocycles. The van der Waals surface area contributed by atoms with Gasteiger partial charge in [0.1, 0.15) is 5.01 Å². The van der Waals surface area contributed by atoms with Gasteiger partial charge in [-0.2, -0.15) is 0 Å². The van der Waals surface area contributed by atoms with Crippen LogP contribution in [0.15, 0.2) is 24.3 Å². The minimum absolute atomic E-state index is 0.104. The lowest BCUT2D eigenvalue weighted by atomic mass is 10.1. The minimum atomic E-state index is -0.104. The van der Waals surface area contributed by atoms with Crippen LogP contribution in [0, 0.1) is 6.92 Å². The van der Waals surface area contributed by atoms with Gasteiger partial charge in [0.25, 0.3) is 0 Å². The Labute approximate surface area is 150 Å². The van der Waals surface area contributed by atoms with Gasteiger partial charge in [-0.25, -0.2) is 0 Å². The molecule has 0 atom stereocenters. The van der Waals surface area contributed by atoms with E-state index in [0.29, 0.717) is 19.5 Å². The third-order valence-electron chi connectivity index (χ3n) is 4.05. The summed E-state index contributed by atoms with van der Waals surface area (Å²) >= 11 is 1.58. The summed E-state index contributed by atoms with van der Waals surface area (Å²) in [6, 6.07) is 7.40. The number of nitrogens with one attached hydrogen (secondary N) is 1. The van der Waals surface area contributed by atoms with Crippen LogP contribution in [0.25, 0.3) is 0 Å². The highest BCUT2D eigenvalue weighted by Gasteiger charge is 2.23. The van der Waals surface area contributed by atoms with Crippen LogP contribution in [0.1, 0.15) is 17.5 Å². The summed E-state index contributed by atoms with van der Waals surface area (Å²) in [6.07, 6.45) is 0.373. The zero-order valence-electron chi connectivity index (χ0n) is 14.4. The van der Waals surface area contributed by atoms with E-state index < -0.39 is 0 Å². The summed E-state index contributed by atoms with van der Waals surface area (Å²) < 4.78 is 0. The summed E-state index contributed by atoms with van der Waals surface area (Å²) in [7, 11) is 0. The summed E-state index contributed by atoms with van der Waals surface area (Å²) in [5, 5.41) is 12.8. The molecular formula is C17H21N5O2S. The van der Waals surface area contributed by atoms with Gasteiger partial charge in [0.2, 0.25) is 16.9 Å². The number of anilines is 2. The fourth-order valence-corrected chi connectivity index (χ4v) is 3.50. The van der Waals surface area contributed by atoms with Gasteiger partial charge in [0.15, 0.2) is 0 Å². The van der Waals surface area contributed by atoms with Gasteiger partial charge in [-0.3, -0.25) is 9.59 Å². The number of hydrogen-bond acceptors (Lipinski definition) is 6. The topological polar surface area (TPSA) is 78.4 Å². The van der Waals surface area contributed by atoms with E-state index in [1.807, 2.05) is 36.1 Å². The van der Waals surface area contributed by atoms with Gasteiger partial charge in [-0.1, -0.05) is 23.5 Å². The number of aromatic nitrogens is 2. The Bertz CT molecular complexity index is 751. The number of nitrogens with zero attached hydrogens (tertiary/aromatic N) is 4. The molecule has 2 aromatic rings. The Kier molecular flexibility index (Phi) is 5.28. The largest absolute Gasteiger partial charge is 0.343 e. The summed E-state index contributed by atoms with van der Waals surface area (Å²) in [5.74, 6) is 0.0210. The predicted molar refractivity (Wildman–Crippen MR) is 97.9 cm³/mol. The minimum Gasteiger partial charge on any atom is -0.343 e. The summed E-state index contributed by atoms with van der Waals surface area (Å²) in [4.78, 5) is 27.6. The molecule has 25 heavy (non-hydrogen) atoms. The second-order valence-electron chi connectivity index (χ2n) is 6.03. The van der Waals surface area contributed by atoms with Crippen LogP contribution in [0.3, 0.4) is 0 Å². The van der Waals surface area contributed by atoms with E-state index in [4.69, 9.17) is 0 Å². The molecular weight excluding hydrogens is 338 g/mol. The monoisotopic (exact) mass is 359 g/mol. The van der Waals surface area contributed by atoms with E-state index in [1.165, 1.54) is 6.92 Å². The molecule has 2 amide bonds. The van der Waals surface area contributed by atoms with Crippen molar-refractivity contribution in [2.45, 2.75) is 20.3 Å². The van der Waals surface area contributed by atoms with Gasteiger partial charge >= 0.3 is 0 Å². The average Bonchev–Trinajstić information content (AvgIpc) is 3.03. The van der Waals surface area contributed by atoms with Gasteiger partial charge in [-0.05, 0) is 24.6 Å². The Balaban J connectivity index is 1.51. The highest BCUT2D eigenvalue weighted by molar-refractivity contribution is 7.15. The molecule has 1 aliphatic rings. The second-order valence-corrected chi connectivity index (χ2v) is 7.19. The van der Waals surface area contributed by atoms with Gasteiger partial charge in [-0.15, -0.1) is 10.2 Å². The predicted octanol–water partition coefficient (Wildman–Crippen LogP) is 1.70. The van der Waals surface area contributed by atoms with Gasteiger partial charge in [0.05, 0.1) is 6.42 Å². The molecule has 1 aromatic heterocycles. The van der Waals surface area contributed by atoms with E-state index in [1.54, 1.807) is 11.3 Å². The van der Waals surface area contributed by atoms with Gasteiger partial charge in [0, 0.05) is 38.8 Å². The Morgan fingerprint density at radius 3 is 2.36 bits per heavy atom. The van der Waals surface area contributed by atoms with E-state index in [0.717, 1.165) is 34.5 Å². The SMILES string of the molecule is CC(=O)Nc1ccc(CC(=O)N2CCN(c3nnc(C)s3)CC2)cc1. The summed E-state index contributed by atoms with van der Waals surface area (Å²) in [5.41, 5.74) is 1.69. The average molecular weight is 359 g/mol. The normalized spacial score (nSPS) is 14.5. The smallest absolute Gasteiger partial charge is 0.227 e. The van der Waals surface area contributed by atoms with Crippen molar-refractivity contribution < 1.29 is 9.59 Å². The molecule has 1 aromatic carbocycles. The molecule has 7 nitrogen and oxygen atoms in total. The molecule has 3 rings (SSSR count). The number of carbonyl (C=O) groups excluding carboxylic acids is 2. The van der Waals surface area contributed by atoms with Crippen LogP contribution >= 0.6 is 11.3 Å². The maximum Gasteiger partial charge on any atom is 0.227 e. The number of aryl methyl sites for hydroxylation is 1. The van der Waals surface area contributed by atoms with Crippen molar-refractivity contribution in [2.75, 3.05) is 36.4 Å². The highest BCUT2D eigenvalue weighted by Crippen LogP contribution is 2.21. The molecule has 1 saturated heterocycles. The summed E-state index contributed by atoms with van der Waals surface area (Å²) in [6.45, 7) is 6.37. The molecule has 1 N–H and O–H groups in total. The lowest BCUT2D eigenvalue weighted by Crippen LogP contribution is -2.49. The maximum atomic E-state index is 12.5. The van der Waals surface area contributed by atoms with Gasteiger partial charge < -0.3 is 15.1 Å². The molecule has 0 aliphatic carbocycles. The first-order valence-corrected chi connectivity index (χ1v) is 9.02. The molecule has 2 heterocycles. The number of hydrogen-bond donors (Lipinski definition) is 1. The Hall–Kier alpha value is -2.48. The van der Waals surface area contributed by atoms with Crippen molar-refractivity contribution in [2.24, 2.45) is 0 Å². The van der Waals surface area contributed by atoms with Crippen molar-refractivity contribution in [3.8, 4) is 0 Å². The molecule has 0 unspecified atom stereocenters. The third kappa shape index (κ3) is 4.54. The van der Waals surface area contributed by atoms with Crippen LogP contribution in [-0.2, 0) is 16.0 Å². The lowest BCUT2D eigenvalue weighted by molar-refractivity contribution is -0.130. The number of benzene rings is 1. The van der Waals surface area contributed by atoms with Crippen LogP contribution in [0.5, 0.6) is 0 Å². The van der Waals surface area contributed by atoms with Crippen LogP contribution in [-0.4, -0.2) is 53.1 Å². The first kappa shape index (κ1) is 17.3. The number of carbonyl (C=O) groups is 2. The molecule has 8 heteroatoms. The highest BCUT2D eigenvalue weighted by atomic mass is 32.1. The zero-order chi connectivity index (χ0) is 17.8. The molecule has 1 fully saturated rings.